The average Bonchev–Trinajstić information content (AvgIpc) is 3.16. The summed E-state index contributed by atoms with van der Waals surface area (Å²) in [6, 6.07) is 14.3. The zero-order valence-electron chi connectivity index (χ0n) is 14.6. The van der Waals surface area contributed by atoms with E-state index in [1.807, 2.05) is 41.8 Å². The number of para-hydroxylation sites is 2. The maximum atomic E-state index is 12.6. The van der Waals surface area contributed by atoms with Gasteiger partial charge in [-0.25, -0.2) is 9.99 Å². The second-order valence-electron chi connectivity index (χ2n) is 6.29. The minimum absolute atomic E-state index is 0.0630. The number of carbonyl (C=O) groups excluding carboxylic acids is 2. The smallest absolute Gasteiger partial charge is 0.258 e. The van der Waals surface area contributed by atoms with Gasteiger partial charge in [-0.05, 0) is 36.8 Å². The molecule has 3 aromatic rings. The van der Waals surface area contributed by atoms with Gasteiger partial charge in [0.2, 0.25) is 0 Å². The number of hydrogen-bond donors (Lipinski definition) is 2. The number of thioether (sulfide) groups is 1. The van der Waals surface area contributed by atoms with E-state index in [4.69, 9.17) is 0 Å². The Balaban J connectivity index is 1.54. The van der Waals surface area contributed by atoms with Crippen molar-refractivity contribution in [2.75, 3.05) is 5.75 Å². The summed E-state index contributed by atoms with van der Waals surface area (Å²) in [6.45, 7) is 1.91. The normalized spacial score (nSPS) is 16.9. The van der Waals surface area contributed by atoms with Crippen LogP contribution in [-0.4, -0.2) is 37.2 Å². The number of fused-ring (bicyclic) bond motifs is 1. The van der Waals surface area contributed by atoms with E-state index in [9.17, 15) is 14.7 Å². The van der Waals surface area contributed by atoms with Gasteiger partial charge in [0.25, 0.3) is 11.8 Å². The van der Waals surface area contributed by atoms with Crippen LogP contribution in [0.3, 0.4) is 0 Å². The van der Waals surface area contributed by atoms with E-state index in [1.165, 1.54) is 16.8 Å². The molecule has 2 amide bonds. The summed E-state index contributed by atoms with van der Waals surface area (Å²) in [5, 5.41) is 10.7. The van der Waals surface area contributed by atoms with E-state index in [1.54, 1.807) is 18.2 Å². The molecule has 2 N–H and O–H groups in total. The highest BCUT2D eigenvalue weighted by Gasteiger charge is 2.34. The van der Waals surface area contributed by atoms with Crippen LogP contribution in [0.2, 0.25) is 0 Å². The molecule has 27 heavy (non-hydrogen) atoms. The third kappa shape index (κ3) is 3.35. The topological polar surface area (TPSA) is 87.5 Å². The highest BCUT2D eigenvalue weighted by atomic mass is 32.2. The lowest BCUT2D eigenvalue weighted by Gasteiger charge is -2.25. The number of nitrogens with zero attached hydrogens (tertiary/aromatic N) is 3. The molecule has 0 aliphatic carbocycles. The lowest BCUT2D eigenvalue weighted by atomic mass is 10.2. The van der Waals surface area contributed by atoms with Gasteiger partial charge in [0.05, 0.1) is 16.8 Å². The zero-order chi connectivity index (χ0) is 19.0. The van der Waals surface area contributed by atoms with Crippen molar-refractivity contribution in [3.8, 4) is 5.75 Å². The Kier molecular flexibility index (Phi) is 4.49. The number of aromatic hydroxyl groups is 1. The van der Waals surface area contributed by atoms with Crippen LogP contribution in [-0.2, 0) is 16.1 Å². The molecule has 1 aromatic heterocycles. The molecule has 8 heteroatoms. The minimum Gasteiger partial charge on any atom is -0.508 e. The fourth-order valence-corrected chi connectivity index (χ4v) is 4.28. The number of phenolic OH excluding ortho intramolecular Hbond substituents is 1. The van der Waals surface area contributed by atoms with Crippen molar-refractivity contribution < 1.29 is 14.7 Å². The van der Waals surface area contributed by atoms with Crippen molar-refractivity contribution in [3.05, 3.63) is 59.9 Å². The number of imidazole rings is 1. The van der Waals surface area contributed by atoms with E-state index >= 15 is 0 Å². The van der Waals surface area contributed by atoms with Crippen LogP contribution in [0.1, 0.15) is 16.8 Å². The maximum absolute atomic E-state index is 12.6. The maximum Gasteiger partial charge on any atom is 0.258 e. The number of rotatable bonds is 4. The molecule has 138 valence electrons. The lowest BCUT2D eigenvalue weighted by Crippen LogP contribution is -2.45. The highest BCUT2D eigenvalue weighted by molar-refractivity contribution is 8.00. The summed E-state index contributed by atoms with van der Waals surface area (Å²) in [5.41, 5.74) is 5.18. The summed E-state index contributed by atoms with van der Waals surface area (Å²) in [7, 11) is 0. The zero-order valence-corrected chi connectivity index (χ0v) is 15.4. The largest absolute Gasteiger partial charge is 0.508 e. The van der Waals surface area contributed by atoms with Crippen LogP contribution in [0.25, 0.3) is 11.0 Å². The Morgan fingerprint density at radius 1 is 1.30 bits per heavy atom. The molecule has 0 spiro atoms. The van der Waals surface area contributed by atoms with Crippen molar-refractivity contribution in [1.29, 1.82) is 0 Å². The van der Waals surface area contributed by atoms with Crippen LogP contribution in [0, 0.1) is 6.92 Å². The SMILES string of the molecule is Cc1nc2ccccc2n1CC(=O)NN1C(=O)CSC1c1cccc(O)c1. The fraction of sp³-hybridized carbons (Fsp3) is 0.211. The van der Waals surface area contributed by atoms with Gasteiger partial charge in [-0.1, -0.05) is 24.3 Å². The first-order valence-electron chi connectivity index (χ1n) is 8.47. The number of benzene rings is 2. The number of phenols is 1. The molecule has 4 rings (SSSR count). The van der Waals surface area contributed by atoms with Crippen molar-refractivity contribution in [3.63, 3.8) is 0 Å². The lowest BCUT2D eigenvalue weighted by molar-refractivity contribution is -0.139. The van der Waals surface area contributed by atoms with Crippen LogP contribution < -0.4 is 5.43 Å². The number of aryl methyl sites for hydroxylation is 1. The standard InChI is InChI=1S/C19H18N4O3S/c1-12-20-15-7-2-3-8-16(15)22(12)10-17(25)21-23-18(26)11-27-19(23)13-5-4-6-14(24)9-13/h2-9,19,24H,10-11H2,1H3,(H,21,25). The number of hydrazine groups is 1. The molecule has 7 nitrogen and oxygen atoms in total. The molecule has 2 aromatic carbocycles. The first-order valence-corrected chi connectivity index (χ1v) is 9.52. The number of nitrogens with one attached hydrogen (secondary N) is 1. The number of amides is 2. The highest BCUT2D eigenvalue weighted by Crippen LogP contribution is 2.38. The van der Waals surface area contributed by atoms with Gasteiger partial charge in [-0.3, -0.25) is 15.0 Å². The Labute approximate surface area is 160 Å². The summed E-state index contributed by atoms with van der Waals surface area (Å²) < 4.78 is 1.82. The Hall–Kier alpha value is -3.00. The number of carbonyl (C=O) groups is 2. The molecule has 1 aliphatic heterocycles. The Morgan fingerprint density at radius 3 is 2.93 bits per heavy atom. The van der Waals surface area contributed by atoms with Crippen molar-refractivity contribution in [2.45, 2.75) is 18.8 Å². The first-order chi connectivity index (χ1) is 13.0. The molecule has 1 fully saturated rings. The summed E-state index contributed by atoms with van der Waals surface area (Å²) in [5.74, 6) is 0.654. The number of hydrogen-bond acceptors (Lipinski definition) is 5. The van der Waals surface area contributed by atoms with Crippen LogP contribution >= 0.6 is 11.8 Å². The van der Waals surface area contributed by atoms with E-state index < -0.39 is 0 Å². The molecule has 0 radical (unpaired) electrons. The number of aromatic nitrogens is 2. The Morgan fingerprint density at radius 2 is 2.11 bits per heavy atom. The Bertz CT molecular complexity index is 1030. The quantitative estimate of drug-likeness (QED) is 0.723. The van der Waals surface area contributed by atoms with Crippen molar-refractivity contribution in [2.24, 2.45) is 0 Å². The molecule has 0 bridgehead atoms. The molecular formula is C19H18N4O3S. The molecule has 1 aliphatic rings. The van der Waals surface area contributed by atoms with Gasteiger partial charge < -0.3 is 9.67 Å². The van der Waals surface area contributed by atoms with Crippen molar-refractivity contribution in [1.82, 2.24) is 20.0 Å². The molecule has 1 saturated heterocycles. The summed E-state index contributed by atoms with van der Waals surface area (Å²) in [4.78, 5) is 29.4. The van der Waals surface area contributed by atoms with Gasteiger partial charge in [-0.2, -0.15) is 0 Å². The minimum atomic E-state index is -0.367. The molecule has 0 saturated carbocycles. The summed E-state index contributed by atoms with van der Waals surface area (Å²) >= 11 is 1.41. The monoisotopic (exact) mass is 382 g/mol. The fourth-order valence-electron chi connectivity index (χ4n) is 3.18. The molecule has 1 unspecified atom stereocenters. The second-order valence-corrected chi connectivity index (χ2v) is 7.36. The van der Waals surface area contributed by atoms with Gasteiger partial charge >= 0.3 is 0 Å². The molecule has 2 heterocycles. The van der Waals surface area contributed by atoms with E-state index in [2.05, 4.69) is 10.4 Å². The predicted molar refractivity (Wildman–Crippen MR) is 103 cm³/mol. The van der Waals surface area contributed by atoms with Crippen LogP contribution in [0.4, 0.5) is 0 Å². The van der Waals surface area contributed by atoms with Crippen LogP contribution in [0.5, 0.6) is 5.75 Å². The van der Waals surface area contributed by atoms with Crippen molar-refractivity contribution >= 4 is 34.6 Å². The summed E-state index contributed by atoms with van der Waals surface area (Å²) in [6.07, 6.45) is 0. The van der Waals surface area contributed by atoms with Gasteiger partial charge in [0.15, 0.2) is 0 Å². The van der Waals surface area contributed by atoms with Gasteiger partial charge in [0.1, 0.15) is 23.5 Å². The van der Waals surface area contributed by atoms with Gasteiger partial charge in [0, 0.05) is 0 Å². The van der Waals surface area contributed by atoms with Gasteiger partial charge in [-0.15, -0.1) is 11.8 Å². The average molecular weight is 382 g/mol. The molecular weight excluding hydrogens is 364 g/mol. The van der Waals surface area contributed by atoms with E-state index in [0.29, 0.717) is 0 Å². The second kappa shape index (κ2) is 6.96. The first kappa shape index (κ1) is 17.4. The third-order valence-corrected chi connectivity index (χ3v) is 5.63. The van der Waals surface area contributed by atoms with E-state index in [0.717, 1.165) is 22.4 Å². The predicted octanol–water partition coefficient (Wildman–Crippen LogP) is 2.36. The third-order valence-electron chi connectivity index (χ3n) is 4.42. The van der Waals surface area contributed by atoms with E-state index in [-0.39, 0.29) is 35.2 Å². The van der Waals surface area contributed by atoms with Crippen LogP contribution in [0.15, 0.2) is 48.5 Å². The molecule has 1 atom stereocenters.